The molecule has 0 radical (unpaired) electrons. The van der Waals surface area contributed by atoms with Crippen molar-refractivity contribution in [3.05, 3.63) is 28.0 Å². The number of rotatable bonds is 1. The Morgan fingerprint density at radius 1 is 1.46 bits per heavy atom. The Hall–Kier alpha value is -0.620. The van der Waals surface area contributed by atoms with Gasteiger partial charge in [-0.25, -0.2) is 4.98 Å². The molecule has 6 heteroatoms. The zero-order chi connectivity index (χ0) is 10.1. The van der Waals surface area contributed by atoms with Crippen molar-refractivity contribution in [2.45, 2.75) is 12.8 Å². The van der Waals surface area contributed by atoms with Crippen molar-refractivity contribution in [3.63, 3.8) is 0 Å². The van der Waals surface area contributed by atoms with Crippen LogP contribution >= 0.6 is 15.9 Å². The van der Waals surface area contributed by atoms with Crippen LogP contribution in [0, 0.1) is 0 Å². The van der Waals surface area contributed by atoms with Crippen LogP contribution in [0.4, 0.5) is 13.2 Å². The van der Waals surface area contributed by atoms with E-state index in [-0.39, 0.29) is 10.2 Å². The predicted octanol–water partition coefficient (Wildman–Crippen LogP) is 2.36. The lowest BCUT2D eigenvalue weighted by atomic mass is 10.1. The average Bonchev–Trinajstić information content (AvgIpc) is 2.01. The molecule has 2 nitrogen and oxygen atoms in total. The molecule has 0 aliphatic carbocycles. The molecular formula is C7H5BrF3NO. The van der Waals surface area contributed by atoms with E-state index >= 15 is 0 Å². The van der Waals surface area contributed by atoms with Gasteiger partial charge in [-0.1, -0.05) is 0 Å². The zero-order valence-electron chi connectivity index (χ0n) is 6.27. The number of halogens is 4. The zero-order valence-corrected chi connectivity index (χ0v) is 7.85. The molecule has 72 valence electrons. The van der Waals surface area contributed by atoms with E-state index < -0.39 is 18.3 Å². The maximum absolute atomic E-state index is 12.2. The molecule has 1 heterocycles. The van der Waals surface area contributed by atoms with Crippen LogP contribution in [-0.4, -0.2) is 10.1 Å². The van der Waals surface area contributed by atoms with Crippen LogP contribution in [0.15, 0.2) is 16.9 Å². The van der Waals surface area contributed by atoms with Gasteiger partial charge in [-0.05, 0) is 27.6 Å². The molecule has 1 rings (SSSR count). The molecule has 13 heavy (non-hydrogen) atoms. The summed E-state index contributed by atoms with van der Waals surface area (Å²) in [5, 5.41) is 8.66. The van der Waals surface area contributed by atoms with Gasteiger partial charge in [0.25, 0.3) is 0 Å². The normalized spacial score (nSPS) is 11.8. The van der Waals surface area contributed by atoms with Gasteiger partial charge >= 0.3 is 6.18 Å². The van der Waals surface area contributed by atoms with Crippen molar-refractivity contribution in [3.8, 4) is 0 Å². The average molecular weight is 256 g/mol. The topological polar surface area (TPSA) is 33.1 Å². The highest BCUT2D eigenvalue weighted by molar-refractivity contribution is 9.10. The molecule has 0 aliphatic heterocycles. The van der Waals surface area contributed by atoms with E-state index in [1.165, 1.54) is 0 Å². The number of hydrogen-bond acceptors (Lipinski definition) is 2. The van der Waals surface area contributed by atoms with Gasteiger partial charge < -0.3 is 5.11 Å². The molecule has 0 fully saturated rings. The summed E-state index contributed by atoms with van der Waals surface area (Å²) in [5.41, 5.74) is -1.09. The lowest BCUT2D eigenvalue weighted by Crippen LogP contribution is -2.09. The van der Waals surface area contributed by atoms with Crippen molar-refractivity contribution in [2.75, 3.05) is 0 Å². The van der Waals surface area contributed by atoms with E-state index in [1.807, 2.05) is 0 Å². The Kier molecular flexibility index (Phi) is 2.92. The number of alkyl halides is 3. The molecule has 0 atom stereocenters. The van der Waals surface area contributed by atoms with Gasteiger partial charge in [-0.2, -0.15) is 13.2 Å². The van der Waals surface area contributed by atoms with E-state index in [2.05, 4.69) is 20.9 Å². The highest BCUT2D eigenvalue weighted by Crippen LogP contribution is 2.32. The SMILES string of the molecule is OCc1cc(Br)ncc1C(F)(F)F. The molecule has 0 spiro atoms. The van der Waals surface area contributed by atoms with Crippen LogP contribution in [0.5, 0.6) is 0 Å². The summed E-state index contributed by atoms with van der Waals surface area (Å²) in [6.07, 6.45) is -3.78. The molecule has 0 amide bonds. The lowest BCUT2D eigenvalue weighted by Gasteiger charge is -2.10. The first-order valence-electron chi connectivity index (χ1n) is 3.27. The van der Waals surface area contributed by atoms with Gasteiger partial charge in [0.1, 0.15) is 4.60 Å². The fraction of sp³-hybridized carbons (Fsp3) is 0.286. The van der Waals surface area contributed by atoms with Crippen LogP contribution in [0.25, 0.3) is 0 Å². The first-order chi connectivity index (χ1) is 5.95. The molecule has 0 aromatic carbocycles. The molecule has 0 bridgehead atoms. The fourth-order valence-electron chi connectivity index (χ4n) is 0.854. The first-order valence-corrected chi connectivity index (χ1v) is 4.07. The molecule has 0 unspecified atom stereocenters. The Labute approximate surface area is 80.5 Å². The lowest BCUT2D eigenvalue weighted by molar-refractivity contribution is -0.138. The van der Waals surface area contributed by atoms with Gasteiger partial charge in [-0.15, -0.1) is 0 Å². The second-order valence-electron chi connectivity index (χ2n) is 2.32. The van der Waals surface area contributed by atoms with E-state index in [4.69, 9.17) is 5.11 Å². The van der Waals surface area contributed by atoms with Crippen molar-refractivity contribution in [1.82, 2.24) is 4.98 Å². The second kappa shape index (κ2) is 3.63. The quantitative estimate of drug-likeness (QED) is 0.782. The highest BCUT2D eigenvalue weighted by Gasteiger charge is 2.33. The summed E-state index contributed by atoms with van der Waals surface area (Å²) in [5.74, 6) is 0. The van der Waals surface area contributed by atoms with E-state index in [0.29, 0.717) is 6.20 Å². The van der Waals surface area contributed by atoms with Gasteiger partial charge in [0.05, 0.1) is 12.2 Å². The van der Waals surface area contributed by atoms with E-state index in [1.54, 1.807) is 0 Å². The third-order valence-electron chi connectivity index (χ3n) is 1.43. The summed E-state index contributed by atoms with van der Waals surface area (Å²) in [7, 11) is 0. The van der Waals surface area contributed by atoms with Crippen molar-refractivity contribution < 1.29 is 18.3 Å². The smallest absolute Gasteiger partial charge is 0.392 e. The maximum Gasteiger partial charge on any atom is 0.418 e. The Morgan fingerprint density at radius 2 is 2.08 bits per heavy atom. The van der Waals surface area contributed by atoms with Crippen molar-refractivity contribution >= 4 is 15.9 Å². The maximum atomic E-state index is 12.2. The minimum atomic E-state index is -4.47. The Morgan fingerprint density at radius 3 is 2.54 bits per heavy atom. The van der Waals surface area contributed by atoms with Gasteiger partial charge in [-0.3, -0.25) is 0 Å². The first kappa shape index (κ1) is 10.5. The van der Waals surface area contributed by atoms with E-state index in [9.17, 15) is 13.2 Å². The largest absolute Gasteiger partial charge is 0.418 e. The monoisotopic (exact) mass is 255 g/mol. The third-order valence-corrected chi connectivity index (χ3v) is 1.87. The van der Waals surface area contributed by atoms with Crippen LogP contribution in [0.2, 0.25) is 0 Å². The summed E-state index contributed by atoms with van der Waals surface area (Å²) >= 11 is 2.91. The summed E-state index contributed by atoms with van der Waals surface area (Å²) in [4.78, 5) is 3.44. The van der Waals surface area contributed by atoms with Crippen LogP contribution < -0.4 is 0 Å². The number of aromatic nitrogens is 1. The number of aliphatic hydroxyl groups excluding tert-OH is 1. The van der Waals surface area contributed by atoms with Gasteiger partial charge in [0, 0.05) is 6.20 Å². The molecular weight excluding hydrogens is 251 g/mol. The highest BCUT2D eigenvalue weighted by atomic mass is 79.9. The summed E-state index contributed by atoms with van der Waals surface area (Å²) < 4.78 is 36.9. The third kappa shape index (κ3) is 2.41. The van der Waals surface area contributed by atoms with Gasteiger partial charge in [0.15, 0.2) is 0 Å². The van der Waals surface area contributed by atoms with Crippen molar-refractivity contribution in [2.24, 2.45) is 0 Å². The fourth-order valence-corrected chi connectivity index (χ4v) is 1.23. The minimum absolute atomic E-state index is 0.186. The van der Waals surface area contributed by atoms with Crippen LogP contribution in [-0.2, 0) is 12.8 Å². The summed E-state index contributed by atoms with van der Waals surface area (Å²) in [6, 6.07) is 1.14. The van der Waals surface area contributed by atoms with E-state index in [0.717, 1.165) is 6.07 Å². The summed E-state index contributed by atoms with van der Waals surface area (Å²) in [6.45, 7) is -0.657. The predicted molar refractivity (Wildman–Crippen MR) is 42.9 cm³/mol. The minimum Gasteiger partial charge on any atom is -0.392 e. The molecule has 0 aliphatic rings. The molecule has 0 saturated carbocycles. The van der Waals surface area contributed by atoms with Crippen molar-refractivity contribution in [1.29, 1.82) is 0 Å². The van der Waals surface area contributed by atoms with Crippen LogP contribution in [0.3, 0.4) is 0 Å². The molecule has 1 aromatic rings. The Balaban J connectivity index is 3.22. The molecule has 0 saturated heterocycles. The number of aliphatic hydroxyl groups is 1. The molecule has 1 N–H and O–H groups in total. The number of hydrogen-bond donors (Lipinski definition) is 1. The number of nitrogens with zero attached hydrogens (tertiary/aromatic N) is 1. The molecule has 1 aromatic heterocycles. The van der Waals surface area contributed by atoms with Crippen LogP contribution in [0.1, 0.15) is 11.1 Å². The standard InChI is InChI=1S/C7H5BrF3NO/c8-6-1-4(3-13)5(2-12-6)7(9,10)11/h1-2,13H,3H2. The van der Waals surface area contributed by atoms with Gasteiger partial charge in [0.2, 0.25) is 0 Å². The number of pyridine rings is 1. The Bertz CT molecular complexity index is 313. The second-order valence-corrected chi connectivity index (χ2v) is 3.13.